The number of ether oxygens (including phenoxy) is 3. The molecule has 0 bridgehead atoms. The number of hydrogen-bond acceptors (Lipinski definition) is 6. The van der Waals surface area contributed by atoms with Gasteiger partial charge in [-0.05, 0) is 44.9 Å². The molecule has 0 saturated carbocycles. The molecule has 0 aromatic heterocycles. The first-order chi connectivity index (χ1) is 29.0. The zero-order valence-corrected chi connectivity index (χ0v) is 39.8. The quantitative estimate of drug-likeness (QED) is 0.0263. The third kappa shape index (κ3) is 47.1. The van der Waals surface area contributed by atoms with E-state index in [0.717, 1.165) is 57.8 Å². The molecular formula is C53H100O6. The van der Waals surface area contributed by atoms with Crippen LogP contribution in [0.25, 0.3) is 0 Å². The maximum Gasteiger partial charge on any atom is 0.306 e. The van der Waals surface area contributed by atoms with Gasteiger partial charge in [0.2, 0.25) is 0 Å². The highest BCUT2D eigenvalue weighted by atomic mass is 16.6. The van der Waals surface area contributed by atoms with Gasteiger partial charge in [-0.3, -0.25) is 14.4 Å². The Bertz CT molecular complexity index is 916. The van der Waals surface area contributed by atoms with Crippen molar-refractivity contribution in [2.75, 3.05) is 13.2 Å². The third-order valence-corrected chi connectivity index (χ3v) is 11.8. The largest absolute Gasteiger partial charge is 0.462 e. The molecule has 6 heteroatoms. The maximum atomic E-state index is 12.8. The predicted octanol–water partition coefficient (Wildman–Crippen LogP) is 17.0. The van der Waals surface area contributed by atoms with E-state index in [1.54, 1.807) is 0 Å². The minimum absolute atomic E-state index is 0.0665. The number of esters is 3. The monoisotopic (exact) mass is 833 g/mol. The lowest BCUT2D eigenvalue weighted by molar-refractivity contribution is -0.167. The Morgan fingerprint density at radius 2 is 0.559 bits per heavy atom. The number of unbranched alkanes of at least 4 members (excludes halogenated alkanes) is 35. The molecule has 0 aromatic rings. The highest BCUT2D eigenvalue weighted by Gasteiger charge is 2.19. The molecule has 0 aliphatic heterocycles. The Labute approximate surface area is 367 Å². The number of allylic oxidation sites excluding steroid dienone is 2. The maximum absolute atomic E-state index is 12.8. The molecule has 0 radical (unpaired) electrons. The summed E-state index contributed by atoms with van der Waals surface area (Å²) in [6.45, 7) is 6.65. The van der Waals surface area contributed by atoms with Gasteiger partial charge < -0.3 is 14.2 Å². The molecule has 1 atom stereocenters. The summed E-state index contributed by atoms with van der Waals surface area (Å²) in [7, 11) is 0. The summed E-state index contributed by atoms with van der Waals surface area (Å²) in [5, 5.41) is 0. The summed E-state index contributed by atoms with van der Waals surface area (Å²) in [6, 6.07) is 0. The zero-order valence-electron chi connectivity index (χ0n) is 39.8. The average molecular weight is 833 g/mol. The van der Waals surface area contributed by atoms with Crippen LogP contribution >= 0.6 is 0 Å². The molecule has 0 aliphatic carbocycles. The van der Waals surface area contributed by atoms with Crippen molar-refractivity contribution in [3.63, 3.8) is 0 Å². The van der Waals surface area contributed by atoms with Crippen molar-refractivity contribution in [3.8, 4) is 0 Å². The van der Waals surface area contributed by atoms with Gasteiger partial charge >= 0.3 is 17.9 Å². The van der Waals surface area contributed by atoms with Gasteiger partial charge in [0, 0.05) is 19.3 Å². The van der Waals surface area contributed by atoms with Gasteiger partial charge in [0.1, 0.15) is 13.2 Å². The lowest BCUT2D eigenvalue weighted by atomic mass is 10.0. The van der Waals surface area contributed by atoms with Crippen LogP contribution in [0.2, 0.25) is 0 Å². The van der Waals surface area contributed by atoms with E-state index in [1.165, 1.54) is 193 Å². The van der Waals surface area contributed by atoms with E-state index in [9.17, 15) is 14.4 Å². The van der Waals surface area contributed by atoms with Crippen LogP contribution in [0.3, 0.4) is 0 Å². The Hall–Kier alpha value is -1.85. The summed E-state index contributed by atoms with van der Waals surface area (Å²) < 4.78 is 16.8. The Balaban J connectivity index is 4.24. The van der Waals surface area contributed by atoms with Crippen molar-refractivity contribution in [1.82, 2.24) is 0 Å². The zero-order chi connectivity index (χ0) is 43.0. The molecule has 0 N–H and O–H groups in total. The van der Waals surface area contributed by atoms with E-state index in [0.29, 0.717) is 19.3 Å². The number of carbonyl (C=O) groups excluding carboxylic acids is 3. The fourth-order valence-corrected chi connectivity index (χ4v) is 7.79. The lowest BCUT2D eigenvalue weighted by Gasteiger charge is -2.18. The van der Waals surface area contributed by atoms with Gasteiger partial charge in [0.05, 0.1) is 0 Å². The second-order valence-electron chi connectivity index (χ2n) is 17.8. The van der Waals surface area contributed by atoms with Gasteiger partial charge in [-0.2, -0.15) is 0 Å². The summed E-state index contributed by atoms with van der Waals surface area (Å²) in [6.07, 6.45) is 53.4. The first-order valence-corrected chi connectivity index (χ1v) is 26.2. The van der Waals surface area contributed by atoms with E-state index >= 15 is 0 Å². The molecule has 0 spiro atoms. The Morgan fingerprint density at radius 1 is 0.322 bits per heavy atom. The highest BCUT2D eigenvalue weighted by Crippen LogP contribution is 2.16. The fraction of sp³-hybridized carbons (Fsp3) is 0.906. The second kappa shape index (κ2) is 48.8. The van der Waals surface area contributed by atoms with Crippen molar-refractivity contribution in [3.05, 3.63) is 12.2 Å². The number of rotatable bonds is 48. The molecule has 0 heterocycles. The topological polar surface area (TPSA) is 78.9 Å². The van der Waals surface area contributed by atoms with Crippen molar-refractivity contribution in [2.24, 2.45) is 0 Å². The van der Waals surface area contributed by atoms with E-state index in [4.69, 9.17) is 14.2 Å². The van der Waals surface area contributed by atoms with E-state index in [-0.39, 0.29) is 31.1 Å². The number of hydrogen-bond donors (Lipinski definition) is 0. The molecule has 0 aliphatic rings. The standard InChI is InChI=1S/C53H100O6/c1-4-7-10-13-16-19-21-23-24-25-26-27-28-30-31-34-37-40-43-46-52(55)58-49-50(48-57-51(54)45-42-39-36-33-18-15-12-9-6-3)59-53(56)47-44-41-38-35-32-29-22-20-17-14-11-8-5-2/h25-26,50H,4-24,27-49H2,1-3H3/b26-25-/t50-/m1/s1. The molecule has 59 heavy (non-hydrogen) atoms. The van der Waals surface area contributed by atoms with Crippen LogP contribution in [0, 0.1) is 0 Å². The molecule has 348 valence electrons. The summed E-state index contributed by atoms with van der Waals surface area (Å²) in [4.78, 5) is 37.9. The fourth-order valence-electron chi connectivity index (χ4n) is 7.79. The minimum atomic E-state index is -0.763. The van der Waals surface area contributed by atoms with Crippen molar-refractivity contribution in [2.45, 2.75) is 297 Å². The van der Waals surface area contributed by atoms with Crippen molar-refractivity contribution < 1.29 is 28.6 Å². The van der Waals surface area contributed by atoms with Crippen LogP contribution in [-0.2, 0) is 28.6 Å². The molecule has 0 unspecified atom stereocenters. The second-order valence-corrected chi connectivity index (χ2v) is 17.8. The van der Waals surface area contributed by atoms with E-state index in [2.05, 4.69) is 32.9 Å². The molecule has 6 nitrogen and oxygen atoms in total. The summed E-state index contributed by atoms with van der Waals surface area (Å²) in [5.41, 5.74) is 0. The number of carbonyl (C=O) groups is 3. The predicted molar refractivity (Wildman–Crippen MR) is 252 cm³/mol. The van der Waals surface area contributed by atoms with Gasteiger partial charge in [0.15, 0.2) is 6.10 Å². The van der Waals surface area contributed by atoms with Crippen LogP contribution in [-0.4, -0.2) is 37.2 Å². The smallest absolute Gasteiger partial charge is 0.306 e. The van der Waals surface area contributed by atoms with E-state index in [1.807, 2.05) is 0 Å². The lowest BCUT2D eigenvalue weighted by Crippen LogP contribution is -2.30. The molecule has 0 rings (SSSR count). The first kappa shape index (κ1) is 57.1. The highest BCUT2D eigenvalue weighted by molar-refractivity contribution is 5.71. The van der Waals surface area contributed by atoms with Gasteiger partial charge in [-0.1, -0.05) is 238 Å². The van der Waals surface area contributed by atoms with Crippen molar-refractivity contribution >= 4 is 17.9 Å². The minimum Gasteiger partial charge on any atom is -0.462 e. The molecular weight excluding hydrogens is 733 g/mol. The van der Waals surface area contributed by atoms with Gasteiger partial charge in [-0.25, -0.2) is 0 Å². The van der Waals surface area contributed by atoms with Crippen LogP contribution in [0.15, 0.2) is 12.2 Å². The average Bonchev–Trinajstić information content (AvgIpc) is 3.23. The van der Waals surface area contributed by atoms with Crippen LogP contribution in [0.5, 0.6) is 0 Å². The summed E-state index contributed by atoms with van der Waals surface area (Å²) >= 11 is 0. The van der Waals surface area contributed by atoms with Crippen LogP contribution < -0.4 is 0 Å². The molecule has 0 saturated heterocycles. The van der Waals surface area contributed by atoms with Gasteiger partial charge in [0.25, 0.3) is 0 Å². The first-order valence-electron chi connectivity index (χ1n) is 26.2. The van der Waals surface area contributed by atoms with Crippen LogP contribution in [0.4, 0.5) is 0 Å². The van der Waals surface area contributed by atoms with Crippen molar-refractivity contribution in [1.29, 1.82) is 0 Å². The molecule has 0 amide bonds. The Morgan fingerprint density at radius 3 is 0.847 bits per heavy atom. The molecule has 0 fully saturated rings. The SMILES string of the molecule is CCCCCCCCCC/C=C\CCCCCCCCCC(=O)OC[C@@H](COC(=O)CCCCCCCCCCC)OC(=O)CCCCCCCCCCCCCCC. The molecule has 0 aromatic carbocycles. The third-order valence-electron chi connectivity index (χ3n) is 11.8. The summed E-state index contributed by atoms with van der Waals surface area (Å²) in [5.74, 6) is -0.858. The van der Waals surface area contributed by atoms with Crippen LogP contribution in [0.1, 0.15) is 290 Å². The van der Waals surface area contributed by atoms with Gasteiger partial charge in [-0.15, -0.1) is 0 Å². The van der Waals surface area contributed by atoms with E-state index < -0.39 is 6.10 Å². The normalized spacial score (nSPS) is 12.0. The Kier molecular flexibility index (Phi) is 47.3.